The molecule has 1 atom stereocenters. The molecule has 220 valence electrons. The number of nitrogens with one attached hydrogen (secondary N) is 3. The molecule has 5 rings (SSSR count). The van der Waals surface area contributed by atoms with Crippen LogP contribution in [-0.2, 0) is 9.59 Å². The highest BCUT2D eigenvalue weighted by Crippen LogP contribution is 2.29. The summed E-state index contributed by atoms with van der Waals surface area (Å²) in [7, 11) is 1.56. The summed E-state index contributed by atoms with van der Waals surface area (Å²) in [5.41, 5.74) is 2.44. The molecule has 0 saturated carbocycles. The Balaban J connectivity index is 1.30. The predicted molar refractivity (Wildman–Crippen MR) is 178 cm³/mol. The molecular formula is C36H31N3O4S. The van der Waals surface area contributed by atoms with Crippen LogP contribution in [0, 0.1) is 0 Å². The molecule has 1 unspecified atom stereocenters. The molecule has 7 nitrogen and oxygen atoms in total. The lowest BCUT2D eigenvalue weighted by molar-refractivity contribution is -0.115. The number of ether oxygens (including phenoxy) is 1. The first kappa shape index (κ1) is 30.1. The van der Waals surface area contributed by atoms with E-state index < -0.39 is 17.1 Å². The van der Waals surface area contributed by atoms with Gasteiger partial charge in [-0.3, -0.25) is 14.4 Å². The maximum atomic E-state index is 13.5. The van der Waals surface area contributed by atoms with Gasteiger partial charge in [-0.2, -0.15) is 0 Å². The molecule has 5 aromatic carbocycles. The van der Waals surface area contributed by atoms with Crippen molar-refractivity contribution in [3.8, 4) is 5.75 Å². The van der Waals surface area contributed by atoms with Crippen molar-refractivity contribution in [3.05, 3.63) is 138 Å². The zero-order valence-electron chi connectivity index (χ0n) is 24.2. The number of amides is 3. The molecule has 0 aromatic heterocycles. The molecule has 3 amide bonds. The van der Waals surface area contributed by atoms with Crippen molar-refractivity contribution in [1.29, 1.82) is 0 Å². The maximum absolute atomic E-state index is 13.5. The second kappa shape index (κ2) is 14.2. The van der Waals surface area contributed by atoms with E-state index in [1.165, 1.54) is 11.8 Å². The highest BCUT2D eigenvalue weighted by Gasteiger charge is 2.18. The monoisotopic (exact) mass is 601 g/mol. The van der Waals surface area contributed by atoms with Gasteiger partial charge in [0, 0.05) is 27.2 Å². The standard InChI is InChI=1S/C36H31N3O4S/c1-24(34(40)38-32-20-9-15-26-12-6-7-19-31(26)32)44-30-18-10-16-28(23-30)37-36(42)33(22-25-11-8-17-29(21-25)43-2)39-35(41)27-13-4-3-5-14-27/h3-24H,1-2H3,(H,37,42)(H,38,40)(H,39,41)/b33-22-. The molecule has 3 N–H and O–H groups in total. The van der Waals surface area contributed by atoms with Crippen LogP contribution >= 0.6 is 11.8 Å². The Kier molecular flexibility index (Phi) is 9.74. The SMILES string of the molecule is COc1cccc(/C=C(\NC(=O)c2ccccc2)C(=O)Nc2cccc(SC(C)C(=O)Nc3cccc4ccccc34)c2)c1. The van der Waals surface area contributed by atoms with E-state index in [1.807, 2.05) is 67.6 Å². The topological polar surface area (TPSA) is 96.5 Å². The molecule has 8 heteroatoms. The van der Waals surface area contributed by atoms with Crippen LogP contribution in [0.5, 0.6) is 5.75 Å². The second-order valence-corrected chi connectivity index (χ2v) is 11.3. The largest absolute Gasteiger partial charge is 0.497 e. The minimum absolute atomic E-state index is 0.0630. The Labute approximate surface area is 260 Å². The van der Waals surface area contributed by atoms with Crippen molar-refractivity contribution in [3.63, 3.8) is 0 Å². The van der Waals surface area contributed by atoms with Gasteiger partial charge in [-0.05, 0) is 72.5 Å². The number of benzene rings is 5. The summed E-state index contributed by atoms with van der Waals surface area (Å²) in [6.45, 7) is 1.84. The van der Waals surface area contributed by atoms with E-state index in [-0.39, 0.29) is 11.6 Å². The van der Waals surface area contributed by atoms with Crippen LogP contribution < -0.4 is 20.7 Å². The van der Waals surface area contributed by atoms with E-state index in [1.54, 1.807) is 73.8 Å². The Morgan fingerprint density at radius 2 is 1.50 bits per heavy atom. The molecular weight excluding hydrogens is 570 g/mol. The number of fused-ring (bicyclic) bond motifs is 1. The van der Waals surface area contributed by atoms with Gasteiger partial charge >= 0.3 is 0 Å². The van der Waals surface area contributed by atoms with Crippen LogP contribution in [0.3, 0.4) is 0 Å². The van der Waals surface area contributed by atoms with Crippen molar-refractivity contribution in [2.45, 2.75) is 17.1 Å². The van der Waals surface area contributed by atoms with Gasteiger partial charge < -0.3 is 20.7 Å². The Morgan fingerprint density at radius 3 is 2.32 bits per heavy atom. The average Bonchev–Trinajstić information content (AvgIpc) is 3.05. The van der Waals surface area contributed by atoms with E-state index >= 15 is 0 Å². The molecule has 5 aromatic rings. The number of hydrogen-bond acceptors (Lipinski definition) is 5. The van der Waals surface area contributed by atoms with Gasteiger partial charge in [0.05, 0.1) is 12.4 Å². The molecule has 0 saturated heterocycles. The normalized spacial score (nSPS) is 11.8. The third-order valence-electron chi connectivity index (χ3n) is 6.76. The van der Waals surface area contributed by atoms with E-state index in [4.69, 9.17) is 4.74 Å². The van der Waals surface area contributed by atoms with Crippen molar-refractivity contribution in [1.82, 2.24) is 5.32 Å². The lowest BCUT2D eigenvalue weighted by Gasteiger charge is -2.15. The van der Waals surface area contributed by atoms with Crippen LogP contribution in [-0.4, -0.2) is 30.1 Å². The first-order valence-corrected chi connectivity index (χ1v) is 14.9. The van der Waals surface area contributed by atoms with Crippen LogP contribution in [0.25, 0.3) is 16.8 Å². The first-order valence-electron chi connectivity index (χ1n) is 14.0. The lowest BCUT2D eigenvalue weighted by atomic mass is 10.1. The fourth-order valence-corrected chi connectivity index (χ4v) is 5.44. The average molecular weight is 602 g/mol. The molecule has 0 radical (unpaired) electrons. The van der Waals surface area contributed by atoms with Crippen LogP contribution in [0.2, 0.25) is 0 Å². The number of thioether (sulfide) groups is 1. The quantitative estimate of drug-likeness (QED) is 0.115. The molecule has 0 aliphatic heterocycles. The molecule has 44 heavy (non-hydrogen) atoms. The molecule has 0 heterocycles. The van der Waals surface area contributed by atoms with Gasteiger partial charge in [-0.15, -0.1) is 11.8 Å². The number of methoxy groups -OCH3 is 1. The van der Waals surface area contributed by atoms with Crippen molar-refractivity contribution < 1.29 is 19.1 Å². The molecule has 0 aliphatic rings. The summed E-state index contributed by atoms with van der Waals surface area (Å²) < 4.78 is 5.31. The first-order chi connectivity index (χ1) is 21.4. The minimum atomic E-state index is -0.499. The van der Waals surface area contributed by atoms with Crippen molar-refractivity contribution in [2.24, 2.45) is 0 Å². The number of hydrogen-bond donors (Lipinski definition) is 3. The van der Waals surface area contributed by atoms with Gasteiger partial charge in [-0.1, -0.05) is 72.8 Å². The van der Waals surface area contributed by atoms with Crippen LogP contribution in [0.1, 0.15) is 22.8 Å². The lowest BCUT2D eigenvalue weighted by Crippen LogP contribution is -2.30. The van der Waals surface area contributed by atoms with Gasteiger partial charge in [0.25, 0.3) is 11.8 Å². The van der Waals surface area contributed by atoms with Crippen LogP contribution in [0.15, 0.2) is 132 Å². The van der Waals surface area contributed by atoms with Gasteiger partial charge in [0.1, 0.15) is 11.4 Å². The highest BCUT2D eigenvalue weighted by molar-refractivity contribution is 8.00. The number of carbonyl (C=O) groups excluding carboxylic acids is 3. The molecule has 0 fully saturated rings. The minimum Gasteiger partial charge on any atom is -0.497 e. The zero-order chi connectivity index (χ0) is 30.9. The van der Waals surface area contributed by atoms with Gasteiger partial charge in [0.15, 0.2) is 0 Å². The summed E-state index contributed by atoms with van der Waals surface area (Å²) in [5, 5.41) is 10.3. The van der Waals surface area contributed by atoms with Crippen molar-refractivity contribution >= 4 is 57.7 Å². The Morgan fingerprint density at radius 1 is 0.773 bits per heavy atom. The molecule has 0 aliphatic carbocycles. The van der Waals surface area contributed by atoms with E-state index in [9.17, 15) is 14.4 Å². The summed E-state index contributed by atoms with van der Waals surface area (Å²) in [5.74, 6) is -0.421. The predicted octanol–water partition coefficient (Wildman–Crippen LogP) is 7.38. The second-order valence-electron chi connectivity index (χ2n) is 9.91. The Hall–Kier alpha value is -5.34. The van der Waals surface area contributed by atoms with Gasteiger partial charge in [-0.25, -0.2) is 0 Å². The number of carbonyl (C=O) groups is 3. The summed E-state index contributed by atoms with van der Waals surface area (Å²) in [6, 6.07) is 36.8. The maximum Gasteiger partial charge on any atom is 0.272 e. The third-order valence-corrected chi connectivity index (χ3v) is 7.85. The molecule has 0 spiro atoms. The fourth-order valence-electron chi connectivity index (χ4n) is 4.51. The third kappa shape index (κ3) is 7.73. The van der Waals surface area contributed by atoms with Crippen LogP contribution in [0.4, 0.5) is 11.4 Å². The Bertz CT molecular complexity index is 1830. The van der Waals surface area contributed by atoms with Gasteiger partial charge in [0.2, 0.25) is 5.91 Å². The number of rotatable bonds is 10. The fraction of sp³-hybridized carbons (Fsp3) is 0.0833. The summed E-state index contributed by atoms with van der Waals surface area (Å²) in [4.78, 5) is 40.4. The number of anilines is 2. The van der Waals surface area contributed by atoms with E-state index in [0.29, 0.717) is 22.6 Å². The van der Waals surface area contributed by atoms with Crippen molar-refractivity contribution in [2.75, 3.05) is 17.7 Å². The molecule has 0 bridgehead atoms. The van der Waals surface area contributed by atoms with E-state index in [2.05, 4.69) is 16.0 Å². The smallest absolute Gasteiger partial charge is 0.272 e. The summed E-state index contributed by atoms with van der Waals surface area (Å²) in [6.07, 6.45) is 1.59. The highest BCUT2D eigenvalue weighted by atomic mass is 32.2. The van der Waals surface area contributed by atoms with E-state index in [0.717, 1.165) is 21.4 Å². The zero-order valence-corrected chi connectivity index (χ0v) is 25.1. The summed E-state index contributed by atoms with van der Waals surface area (Å²) >= 11 is 1.38.